The van der Waals surface area contributed by atoms with Crippen LogP contribution in [0.4, 0.5) is 0 Å². The fourth-order valence-electron chi connectivity index (χ4n) is 1.84. The highest BCUT2D eigenvalue weighted by atomic mass is 35.5. The summed E-state index contributed by atoms with van der Waals surface area (Å²) in [5.74, 6) is 1.11. The van der Waals surface area contributed by atoms with Crippen LogP contribution in [-0.4, -0.2) is 37.2 Å². The van der Waals surface area contributed by atoms with E-state index in [4.69, 9.17) is 32.7 Å². The lowest BCUT2D eigenvalue weighted by Crippen LogP contribution is -2.35. The molecule has 84 valence electrons. The maximum atomic E-state index is 5.64. The van der Waals surface area contributed by atoms with Crippen LogP contribution in [-0.2, 0) is 9.47 Å². The molecular formula is C10H18Cl2O2. The van der Waals surface area contributed by atoms with E-state index in [0.717, 1.165) is 12.8 Å². The molecule has 14 heavy (non-hydrogen) atoms. The van der Waals surface area contributed by atoms with E-state index < -0.39 is 0 Å². The number of alkyl halides is 2. The van der Waals surface area contributed by atoms with Gasteiger partial charge in [0.1, 0.15) is 0 Å². The Balaban J connectivity index is 2.26. The van der Waals surface area contributed by atoms with Crippen LogP contribution in [0, 0.1) is 0 Å². The van der Waals surface area contributed by atoms with Gasteiger partial charge in [-0.25, -0.2) is 0 Å². The minimum atomic E-state index is 0.228. The van der Waals surface area contributed by atoms with Crippen LogP contribution in [0.1, 0.15) is 25.7 Å². The van der Waals surface area contributed by atoms with Crippen LogP contribution in [0.15, 0.2) is 0 Å². The second kappa shape index (κ2) is 7.75. The topological polar surface area (TPSA) is 18.5 Å². The average Bonchev–Trinajstić information content (AvgIpc) is 2.24. The molecule has 4 heteroatoms. The van der Waals surface area contributed by atoms with Crippen LogP contribution in [0.25, 0.3) is 0 Å². The highest BCUT2D eigenvalue weighted by molar-refractivity contribution is 6.18. The van der Waals surface area contributed by atoms with E-state index in [0.29, 0.717) is 25.0 Å². The van der Waals surface area contributed by atoms with Gasteiger partial charge in [0.2, 0.25) is 0 Å². The van der Waals surface area contributed by atoms with Crippen molar-refractivity contribution in [2.24, 2.45) is 0 Å². The highest BCUT2D eigenvalue weighted by Gasteiger charge is 2.25. The molecule has 0 N–H and O–H groups in total. The first-order chi connectivity index (χ1) is 6.88. The zero-order chi connectivity index (χ0) is 10.2. The zero-order valence-electron chi connectivity index (χ0n) is 8.38. The molecule has 0 spiro atoms. The molecule has 0 heterocycles. The average molecular weight is 241 g/mol. The van der Waals surface area contributed by atoms with Gasteiger partial charge in [-0.05, 0) is 12.8 Å². The van der Waals surface area contributed by atoms with E-state index in [1.165, 1.54) is 12.8 Å². The summed E-state index contributed by atoms with van der Waals surface area (Å²) in [7, 11) is 0. The van der Waals surface area contributed by atoms with E-state index in [1.54, 1.807) is 0 Å². The van der Waals surface area contributed by atoms with Gasteiger partial charge < -0.3 is 9.47 Å². The van der Waals surface area contributed by atoms with Gasteiger partial charge in [-0.15, -0.1) is 23.2 Å². The molecule has 2 atom stereocenters. The Morgan fingerprint density at radius 3 is 1.64 bits per heavy atom. The minimum absolute atomic E-state index is 0.228. The first kappa shape index (κ1) is 12.6. The fraction of sp³-hybridized carbons (Fsp3) is 1.00. The molecule has 2 unspecified atom stereocenters. The summed E-state index contributed by atoms with van der Waals surface area (Å²) in [5, 5.41) is 0. The minimum Gasteiger partial charge on any atom is -0.374 e. The molecule has 1 saturated carbocycles. The molecule has 2 nitrogen and oxygen atoms in total. The van der Waals surface area contributed by atoms with Crippen molar-refractivity contribution in [1.82, 2.24) is 0 Å². The number of halogens is 2. The van der Waals surface area contributed by atoms with Gasteiger partial charge in [-0.1, -0.05) is 12.8 Å². The van der Waals surface area contributed by atoms with E-state index in [9.17, 15) is 0 Å². The monoisotopic (exact) mass is 240 g/mol. The second-order valence-electron chi connectivity index (χ2n) is 3.48. The van der Waals surface area contributed by atoms with Crippen molar-refractivity contribution < 1.29 is 9.47 Å². The Morgan fingerprint density at radius 2 is 1.29 bits per heavy atom. The van der Waals surface area contributed by atoms with Gasteiger partial charge >= 0.3 is 0 Å². The molecule has 1 aliphatic carbocycles. The van der Waals surface area contributed by atoms with Crippen LogP contribution < -0.4 is 0 Å². The van der Waals surface area contributed by atoms with Gasteiger partial charge in [-0.3, -0.25) is 0 Å². The van der Waals surface area contributed by atoms with Crippen LogP contribution in [0.3, 0.4) is 0 Å². The molecular weight excluding hydrogens is 223 g/mol. The highest BCUT2D eigenvalue weighted by Crippen LogP contribution is 2.23. The molecule has 0 saturated heterocycles. The fourth-order valence-corrected chi connectivity index (χ4v) is 2.01. The Kier molecular flexibility index (Phi) is 6.96. The predicted octanol–water partition coefficient (Wildman–Crippen LogP) is 2.81. The first-order valence-corrected chi connectivity index (χ1v) is 6.30. The van der Waals surface area contributed by atoms with Crippen LogP contribution in [0.2, 0.25) is 0 Å². The Bertz CT molecular complexity index is 128. The van der Waals surface area contributed by atoms with Crippen molar-refractivity contribution in [3.8, 4) is 0 Å². The van der Waals surface area contributed by atoms with Gasteiger partial charge in [0.05, 0.1) is 25.4 Å². The normalized spacial score (nSPS) is 27.9. The smallest absolute Gasteiger partial charge is 0.0837 e. The van der Waals surface area contributed by atoms with Crippen molar-refractivity contribution in [1.29, 1.82) is 0 Å². The summed E-state index contributed by atoms with van der Waals surface area (Å²) in [6.45, 7) is 1.24. The van der Waals surface area contributed by atoms with E-state index >= 15 is 0 Å². The van der Waals surface area contributed by atoms with Gasteiger partial charge in [-0.2, -0.15) is 0 Å². The molecule has 1 rings (SSSR count). The van der Waals surface area contributed by atoms with Crippen molar-refractivity contribution in [3.63, 3.8) is 0 Å². The van der Waals surface area contributed by atoms with Crippen LogP contribution in [0.5, 0.6) is 0 Å². The lowest BCUT2D eigenvalue weighted by Gasteiger charge is -2.31. The molecule has 0 aromatic carbocycles. The Labute approximate surface area is 95.9 Å². The van der Waals surface area contributed by atoms with E-state index in [2.05, 4.69) is 0 Å². The lowest BCUT2D eigenvalue weighted by atomic mass is 9.94. The summed E-state index contributed by atoms with van der Waals surface area (Å²) in [6, 6.07) is 0. The lowest BCUT2D eigenvalue weighted by molar-refractivity contribution is -0.0850. The Morgan fingerprint density at radius 1 is 0.857 bits per heavy atom. The second-order valence-corrected chi connectivity index (χ2v) is 4.24. The molecule has 1 aliphatic rings. The van der Waals surface area contributed by atoms with Gasteiger partial charge in [0.25, 0.3) is 0 Å². The molecule has 0 aliphatic heterocycles. The maximum absolute atomic E-state index is 5.64. The summed E-state index contributed by atoms with van der Waals surface area (Å²) < 4.78 is 11.3. The van der Waals surface area contributed by atoms with Crippen LogP contribution >= 0.6 is 23.2 Å². The summed E-state index contributed by atoms with van der Waals surface area (Å²) in [5.41, 5.74) is 0. The van der Waals surface area contributed by atoms with Gasteiger partial charge in [0, 0.05) is 11.8 Å². The van der Waals surface area contributed by atoms with Crippen molar-refractivity contribution in [3.05, 3.63) is 0 Å². The molecule has 1 fully saturated rings. The van der Waals surface area contributed by atoms with E-state index in [1.807, 2.05) is 0 Å². The molecule has 0 radical (unpaired) electrons. The number of ether oxygens (including phenoxy) is 2. The number of hydrogen-bond acceptors (Lipinski definition) is 2. The van der Waals surface area contributed by atoms with Crippen molar-refractivity contribution >= 4 is 23.2 Å². The molecule has 0 aromatic rings. The third-order valence-corrected chi connectivity index (χ3v) is 2.77. The number of hydrogen-bond donors (Lipinski definition) is 0. The maximum Gasteiger partial charge on any atom is 0.0837 e. The first-order valence-electron chi connectivity index (χ1n) is 5.23. The molecule has 0 amide bonds. The summed E-state index contributed by atoms with van der Waals surface area (Å²) >= 11 is 11.2. The molecule has 0 bridgehead atoms. The summed E-state index contributed by atoms with van der Waals surface area (Å²) in [4.78, 5) is 0. The quantitative estimate of drug-likeness (QED) is 0.666. The van der Waals surface area contributed by atoms with E-state index in [-0.39, 0.29) is 12.2 Å². The van der Waals surface area contributed by atoms with Gasteiger partial charge in [0.15, 0.2) is 0 Å². The Hall–Kier alpha value is 0.500. The predicted molar refractivity (Wildman–Crippen MR) is 59.4 cm³/mol. The third-order valence-electron chi connectivity index (χ3n) is 2.46. The SMILES string of the molecule is ClCCOC1CCCCC1OCCCl. The zero-order valence-corrected chi connectivity index (χ0v) is 9.90. The summed E-state index contributed by atoms with van der Waals surface area (Å²) in [6.07, 6.45) is 5.09. The van der Waals surface area contributed by atoms with Crippen molar-refractivity contribution in [2.45, 2.75) is 37.9 Å². The third kappa shape index (κ3) is 4.35. The standard InChI is InChI=1S/C10H18Cl2O2/c11-5-7-13-9-3-1-2-4-10(9)14-8-6-12/h9-10H,1-8H2. The van der Waals surface area contributed by atoms with Crippen molar-refractivity contribution in [2.75, 3.05) is 25.0 Å². The molecule has 0 aromatic heterocycles. The largest absolute Gasteiger partial charge is 0.374 e. The number of rotatable bonds is 6.